The second kappa shape index (κ2) is 8.73. The maximum atomic E-state index is 13.1. The molecular formula is C21H24ClFN4O. The normalized spacial score (nSPS) is 14.6. The number of aromatic nitrogens is 1. The quantitative estimate of drug-likeness (QED) is 0.358. The molecule has 1 heterocycles. The average Bonchev–Trinajstić information content (AvgIpc) is 3.10. The Morgan fingerprint density at radius 3 is 2.46 bits per heavy atom. The van der Waals surface area contributed by atoms with Gasteiger partial charge < -0.3 is 21.8 Å². The monoisotopic (exact) mass is 402 g/mol. The number of carbonyl (C=O) groups is 1. The molecule has 0 spiro atoms. The Bertz CT molecular complexity index is 955. The second-order valence-corrected chi connectivity index (χ2v) is 7.56. The first kappa shape index (κ1) is 20.3. The van der Waals surface area contributed by atoms with E-state index in [0.717, 1.165) is 28.5 Å². The second-order valence-electron chi connectivity index (χ2n) is 7.09. The number of carbonyl (C=O) groups excluding carboxylic acids is 1. The van der Waals surface area contributed by atoms with Crippen molar-refractivity contribution in [2.24, 2.45) is 11.5 Å². The van der Waals surface area contributed by atoms with E-state index in [4.69, 9.17) is 23.1 Å². The van der Waals surface area contributed by atoms with Crippen molar-refractivity contribution in [3.05, 3.63) is 60.0 Å². The summed E-state index contributed by atoms with van der Waals surface area (Å²) in [5, 5.41) is 3.61. The third kappa shape index (κ3) is 4.90. The highest BCUT2D eigenvalue weighted by molar-refractivity contribution is 6.22. The van der Waals surface area contributed by atoms with Crippen LogP contribution in [0.15, 0.2) is 48.5 Å². The molecule has 1 amide bonds. The van der Waals surface area contributed by atoms with Crippen LogP contribution in [0.25, 0.3) is 22.0 Å². The number of hydrogen-bond donors (Lipinski definition) is 4. The van der Waals surface area contributed by atoms with Gasteiger partial charge in [0.25, 0.3) is 5.91 Å². The van der Waals surface area contributed by atoms with E-state index in [-0.39, 0.29) is 23.8 Å². The summed E-state index contributed by atoms with van der Waals surface area (Å²) in [5.74, 6) is -0.603. The Kier molecular flexibility index (Phi) is 6.34. The molecule has 5 nitrogen and oxygen atoms in total. The first-order valence-corrected chi connectivity index (χ1v) is 9.62. The summed E-state index contributed by atoms with van der Waals surface area (Å²) in [4.78, 5) is 15.6. The van der Waals surface area contributed by atoms with Crippen LogP contribution in [0.1, 0.15) is 30.3 Å². The highest BCUT2D eigenvalue weighted by Gasteiger charge is 2.19. The lowest BCUT2D eigenvalue weighted by Crippen LogP contribution is -2.44. The number of halogens is 2. The number of alkyl halides is 1. The number of amides is 1. The molecule has 2 unspecified atom stereocenters. The average molecular weight is 403 g/mol. The van der Waals surface area contributed by atoms with E-state index < -0.39 is 5.50 Å². The molecule has 3 rings (SSSR count). The summed E-state index contributed by atoms with van der Waals surface area (Å²) in [5.41, 5.74) is 14.1. The van der Waals surface area contributed by atoms with E-state index in [1.807, 2.05) is 25.1 Å². The number of aromatic amines is 1. The molecule has 0 aliphatic carbocycles. The van der Waals surface area contributed by atoms with Crippen molar-refractivity contribution in [3.8, 4) is 11.1 Å². The highest BCUT2D eigenvalue weighted by Crippen LogP contribution is 2.25. The Labute approximate surface area is 168 Å². The first-order valence-electron chi connectivity index (χ1n) is 9.18. The molecule has 28 heavy (non-hydrogen) atoms. The predicted molar refractivity (Wildman–Crippen MR) is 112 cm³/mol. The van der Waals surface area contributed by atoms with Gasteiger partial charge in [-0.3, -0.25) is 4.79 Å². The summed E-state index contributed by atoms with van der Waals surface area (Å²) < 4.78 is 13.1. The summed E-state index contributed by atoms with van der Waals surface area (Å²) in [6.07, 6.45) is 1.36. The molecule has 148 valence electrons. The Morgan fingerprint density at radius 1 is 1.11 bits per heavy atom. The Morgan fingerprint density at radius 2 is 1.79 bits per heavy atom. The van der Waals surface area contributed by atoms with Gasteiger partial charge in [0.15, 0.2) is 0 Å². The predicted octanol–water partition coefficient (Wildman–Crippen LogP) is 3.72. The van der Waals surface area contributed by atoms with Crippen molar-refractivity contribution >= 4 is 28.4 Å². The maximum Gasteiger partial charge on any atom is 0.268 e. The standard InChI is InChI=1S/C21H24ClFN4O/c1-12(24)2-9-17(25)20(22)27-21(28)19-11-15-4-3-14(10-18(15)26-19)13-5-7-16(23)8-6-13/h3-8,10-12,17,20,26H,2,9,24-25H2,1H3,(H,27,28)/t12?,17-,20?/m0/s1. The van der Waals surface area contributed by atoms with Crippen molar-refractivity contribution < 1.29 is 9.18 Å². The van der Waals surface area contributed by atoms with Gasteiger partial charge in [-0.05, 0) is 55.2 Å². The number of benzene rings is 2. The lowest BCUT2D eigenvalue weighted by Gasteiger charge is -2.19. The number of H-pyrrole nitrogens is 1. The molecule has 0 saturated carbocycles. The fourth-order valence-electron chi connectivity index (χ4n) is 2.98. The maximum absolute atomic E-state index is 13.1. The van der Waals surface area contributed by atoms with Crippen molar-refractivity contribution in [3.63, 3.8) is 0 Å². The molecule has 0 aliphatic rings. The Balaban J connectivity index is 1.73. The van der Waals surface area contributed by atoms with E-state index >= 15 is 0 Å². The molecule has 3 atom stereocenters. The van der Waals surface area contributed by atoms with Gasteiger partial charge in [-0.1, -0.05) is 35.9 Å². The summed E-state index contributed by atoms with van der Waals surface area (Å²) in [6.45, 7) is 1.90. The molecule has 0 saturated heterocycles. The van der Waals surface area contributed by atoms with Crippen LogP contribution in [-0.2, 0) is 0 Å². The van der Waals surface area contributed by atoms with Crippen LogP contribution in [0.3, 0.4) is 0 Å². The van der Waals surface area contributed by atoms with E-state index in [1.54, 1.807) is 18.2 Å². The minimum absolute atomic E-state index is 0.0367. The van der Waals surface area contributed by atoms with Crippen LogP contribution in [0.2, 0.25) is 0 Å². The van der Waals surface area contributed by atoms with Crippen LogP contribution in [0, 0.1) is 5.82 Å². The zero-order valence-electron chi connectivity index (χ0n) is 15.6. The number of nitrogens with one attached hydrogen (secondary N) is 2. The van der Waals surface area contributed by atoms with Crippen LogP contribution >= 0.6 is 11.6 Å². The molecule has 2 aromatic carbocycles. The van der Waals surface area contributed by atoms with Crippen LogP contribution in [-0.4, -0.2) is 28.5 Å². The van der Waals surface area contributed by atoms with E-state index in [0.29, 0.717) is 12.1 Å². The smallest absolute Gasteiger partial charge is 0.268 e. The SMILES string of the molecule is CC(N)CC[C@H](N)C(Cl)NC(=O)c1cc2ccc(-c3ccc(F)cc3)cc2[nH]1. The fraction of sp³-hybridized carbons (Fsp3) is 0.286. The molecule has 7 heteroatoms. The molecule has 6 N–H and O–H groups in total. The van der Waals surface area contributed by atoms with Gasteiger partial charge >= 0.3 is 0 Å². The molecule has 0 bridgehead atoms. The number of hydrogen-bond acceptors (Lipinski definition) is 3. The van der Waals surface area contributed by atoms with Gasteiger partial charge in [0, 0.05) is 23.0 Å². The largest absolute Gasteiger partial charge is 0.351 e. The number of fused-ring (bicyclic) bond motifs is 1. The minimum Gasteiger partial charge on any atom is -0.351 e. The fourth-order valence-corrected chi connectivity index (χ4v) is 3.21. The Hall–Kier alpha value is -2.41. The minimum atomic E-state index is -0.688. The van der Waals surface area contributed by atoms with Gasteiger partial charge in [0.2, 0.25) is 0 Å². The third-order valence-electron chi connectivity index (χ3n) is 4.64. The topological polar surface area (TPSA) is 96.9 Å². The van der Waals surface area contributed by atoms with E-state index in [1.165, 1.54) is 12.1 Å². The number of nitrogens with two attached hydrogens (primary N) is 2. The summed E-state index contributed by atoms with van der Waals surface area (Å²) in [6, 6.07) is 13.4. The molecule has 1 aromatic heterocycles. The van der Waals surface area contributed by atoms with Crippen molar-refractivity contribution in [2.75, 3.05) is 0 Å². The van der Waals surface area contributed by atoms with Crippen molar-refractivity contribution in [1.29, 1.82) is 0 Å². The number of rotatable bonds is 7. The van der Waals surface area contributed by atoms with Crippen LogP contribution < -0.4 is 16.8 Å². The molecule has 0 aliphatic heterocycles. The lowest BCUT2D eigenvalue weighted by atomic mass is 10.0. The summed E-state index contributed by atoms with van der Waals surface area (Å²) >= 11 is 6.23. The zero-order valence-corrected chi connectivity index (χ0v) is 16.3. The van der Waals surface area contributed by atoms with E-state index in [2.05, 4.69) is 10.3 Å². The van der Waals surface area contributed by atoms with Gasteiger partial charge in [-0.2, -0.15) is 0 Å². The lowest BCUT2D eigenvalue weighted by molar-refractivity contribution is 0.0940. The zero-order chi connectivity index (χ0) is 20.3. The van der Waals surface area contributed by atoms with E-state index in [9.17, 15) is 9.18 Å². The van der Waals surface area contributed by atoms with Crippen molar-refractivity contribution in [2.45, 2.75) is 37.4 Å². The van der Waals surface area contributed by atoms with Crippen LogP contribution in [0.4, 0.5) is 4.39 Å². The van der Waals surface area contributed by atoms with Gasteiger partial charge in [-0.25, -0.2) is 4.39 Å². The van der Waals surface area contributed by atoms with Crippen molar-refractivity contribution in [1.82, 2.24) is 10.3 Å². The molecular weight excluding hydrogens is 379 g/mol. The molecule has 0 radical (unpaired) electrons. The molecule has 0 fully saturated rings. The molecule has 3 aromatic rings. The van der Waals surface area contributed by atoms with Gasteiger partial charge in [0.1, 0.15) is 17.0 Å². The third-order valence-corrected chi connectivity index (χ3v) is 5.08. The van der Waals surface area contributed by atoms with Gasteiger partial charge in [0.05, 0.1) is 0 Å². The first-order chi connectivity index (χ1) is 13.3. The highest BCUT2D eigenvalue weighted by atomic mass is 35.5. The van der Waals surface area contributed by atoms with Crippen LogP contribution in [0.5, 0.6) is 0 Å². The van der Waals surface area contributed by atoms with Gasteiger partial charge in [-0.15, -0.1) is 0 Å². The summed E-state index contributed by atoms with van der Waals surface area (Å²) in [7, 11) is 0.